The summed E-state index contributed by atoms with van der Waals surface area (Å²) in [7, 11) is 1.97. The molecule has 1 N–H and O–H groups in total. The molecule has 0 aliphatic rings. The zero-order valence-electron chi connectivity index (χ0n) is 9.70. The number of thioether (sulfide) groups is 1. The van der Waals surface area contributed by atoms with E-state index in [-0.39, 0.29) is 0 Å². The number of aryl methyl sites for hydroxylation is 1. The number of likely N-dealkylation sites (N-methyl/N-ethyl adjacent to an activating group) is 1. The van der Waals surface area contributed by atoms with Gasteiger partial charge in [0, 0.05) is 25.7 Å². The Labute approximate surface area is 96.7 Å². The summed E-state index contributed by atoms with van der Waals surface area (Å²) in [5, 5.41) is 3.13. The fourth-order valence-electron chi connectivity index (χ4n) is 1.40. The van der Waals surface area contributed by atoms with Crippen LogP contribution in [0.1, 0.15) is 19.0 Å². The molecule has 1 heterocycles. The highest BCUT2D eigenvalue weighted by atomic mass is 32.2. The summed E-state index contributed by atoms with van der Waals surface area (Å²) in [5.74, 6) is 2.47. The topological polar surface area (TPSA) is 29.9 Å². The first-order chi connectivity index (χ1) is 7.36. The lowest BCUT2D eigenvalue weighted by molar-refractivity contribution is 0.682. The SMILES string of the molecule is CCSCCCn1cnc(CCNC)c1. The van der Waals surface area contributed by atoms with E-state index in [1.165, 1.54) is 23.6 Å². The first-order valence-electron chi connectivity index (χ1n) is 5.59. The first kappa shape index (κ1) is 12.6. The van der Waals surface area contributed by atoms with Crippen LogP contribution >= 0.6 is 11.8 Å². The van der Waals surface area contributed by atoms with Crippen molar-refractivity contribution in [1.82, 2.24) is 14.9 Å². The van der Waals surface area contributed by atoms with Crippen molar-refractivity contribution >= 4 is 11.8 Å². The van der Waals surface area contributed by atoms with Crippen molar-refractivity contribution < 1.29 is 0 Å². The lowest BCUT2D eigenvalue weighted by Crippen LogP contribution is -2.10. The van der Waals surface area contributed by atoms with Crippen molar-refractivity contribution in [1.29, 1.82) is 0 Å². The lowest BCUT2D eigenvalue weighted by atomic mass is 10.3. The van der Waals surface area contributed by atoms with E-state index >= 15 is 0 Å². The van der Waals surface area contributed by atoms with Gasteiger partial charge in [-0.3, -0.25) is 0 Å². The fraction of sp³-hybridized carbons (Fsp3) is 0.727. The third kappa shape index (κ3) is 5.23. The molecule has 0 atom stereocenters. The van der Waals surface area contributed by atoms with Crippen molar-refractivity contribution in [3.63, 3.8) is 0 Å². The van der Waals surface area contributed by atoms with Gasteiger partial charge in [-0.05, 0) is 25.0 Å². The Morgan fingerprint density at radius 3 is 3.13 bits per heavy atom. The van der Waals surface area contributed by atoms with Gasteiger partial charge in [-0.15, -0.1) is 0 Å². The number of nitrogens with zero attached hydrogens (tertiary/aromatic N) is 2. The molecule has 1 aromatic rings. The largest absolute Gasteiger partial charge is 0.337 e. The van der Waals surface area contributed by atoms with Crippen LogP contribution in [0.15, 0.2) is 12.5 Å². The Morgan fingerprint density at radius 1 is 1.53 bits per heavy atom. The maximum atomic E-state index is 4.37. The van der Waals surface area contributed by atoms with Crippen molar-refractivity contribution in [3.05, 3.63) is 18.2 Å². The number of imidazole rings is 1. The molecule has 0 saturated heterocycles. The van der Waals surface area contributed by atoms with Gasteiger partial charge < -0.3 is 9.88 Å². The molecule has 1 aromatic heterocycles. The second-order valence-corrected chi connectivity index (χ2v) is 4.90. The molecule has 4 heteroatoms. The Morgan fingerprint density at radius 2 is 2.40 bits per heavy atom. The van der Waals surface area contributed by atoms with E-state index in [9.17, 15) is 0 Å². The normalized spacial score (nSPS) is 10.8. The number of hydrogen-bond acceptors (Lipinski definition) is 3. The van der Waals surface area contributed by atoms with Gasteiger partial charge in [0.2, 0.25) is 0 Å². The molecule has 0 bridgehead atoms. The van der Waals surface area contributed by atoms with E-state index < -0.39 is 0 Å². The molecular weight excluding hydrogens is 206 g/mol. The zero-order chi connectivity index (χ0) is 10.9. The van der Waals surface area contributed by atoms with Crippen LogP contribution in [0.25, 0.3) is 0 Å². The van der Waals surface area contributed by atoms with Crippen LogP contribution in [0.3, 0.4) is 0 Å². The van der Waals surface area contributed by atoms with E-state index in [2.05, 4.69) is 28.0 Å². The van der Waals surface area contributed by atoms with Crippen LogP contribution in [0.4, 0.5) is 0 Å². The summed E-state index contributed by atoms with van der Waals surface area (Å²) in [6.45, 7) is 4.31. The average molecular weight is 227 g/mol. The monoisotopic (exact) mass is 227 g/mol. The molecule has 0 aliphatic carbocycles. The molecule has 1 rings (SSSR count). The molecule has 0 aromatic carbocycles. The second kappa shape index (κ2) is 7.77. The van der Waals surface area contributed by atoms with Crippen LogP contribution in [0, 0.1) is 0 Å². The van der Waals surface area contributed by atoms with Gasteiger partial charge in [-0.2, -0.15) is 11.8 Å². The minimum Gasteiger partial charge on any atom is -0.337 e. The maximum absolute atomic E-state index is 4.37. The van der Waals surface area contributed by atoms with E-state index in [4.69, 9.17) is 0 Å². The Hall–Kier alpha value is -0.480. The van der Waals surface area contributed by atoms with Crippen molar-refractivity contribution in [2.75, 3.05) is 25.1 Å². The van der Waals surface area contributed by atoms with Crippen LogP contribution in [-0.4, -0.2) is 34.6 Å². The quantitative estimate of drug-likeness (QED) is 0.687. The van der Waals surface area contributed by atoms with E-state index in [0.717, 1.165) is 19.5 Å². The molecule has 15 heavy (non-hydrogen) atoms. The predicted molar refractivity (Wildman–Crippen MR) is 67.5 cm³/mol. The summed E-state index contributed by atoms with van der Waals surface area (Å²) in [4.78, 5) is 4.37. The minimum absolute atomic E-state index is 1.00. The van der Waals surface area contributed by atoms with Gasteiger partial charge in [-0.1, -0.05) is 6.92 Å². The Kier molecular flexibility index (Phi) is 6.52. The highest BCUT2D eigenvalue weighted by molar-refractivity contribution is 7.99. The van der Waals surface area contributed by atoms with Crippen molar-refractivity contribution in [2.45, 2.75) is 26.3 Å². The molecule has 0 radical (unpaired) electrons. The third-order valence-corrected chi connectivity index (χ3v) is 3.21. The summed E-state index contributed by atoms with van der Waals surface area (Å²) < 4.78 is 2.20. The standard InChI is InChI=1S/C11H21N3S/c1-3-15-8-4-7-14-9-11(13-10-14)5-6-12-2/h9-10,12H,3-8H2,1-2H3. The summed E-state index contributed by atoms with van der Waals surface area (Å²) in [6.07, 6.45) is 6.36. The lowest BCUT2D eigenvalue weighted by Gasteiger charge is -2.00. The van der Waals surface area contributed by atoms with Crippen LogP contribution in [0.2, 0.25) is 0 Å². The highest BCUT2D eigenvalue weighted by Crippen LogP contribution is 2.04. The molecule has 3 nitrogen and oxygen atoms in total. The molecular formula is C11H21N3S. The van der Waals surface area contributed by atoms with Gasteiger partial charge in [0.15, 0.2) is 0 Å². The third-order valence-electron chi connectivity index (χ3n) is 2.23. The molecule has 0 spiro atoms. The maximum Gasteiger partial charge on any atom is 0.0949 e. The number of rotatable bonds is 8. The van der Waals surface area contributed by atoms with E-state index in [1.807, 2.05) is 25.1 Å². The van der Waals surface area contributed by atoms with Crippen LogP contribution in [-0.2, 0) is 13.0 Å². The van der Waals surface area contributed by atoms with Gasteiger partial charge in [0.25, 0.3) is 0 Å². The van der Waals surface area contributed by atoms with Crippen molar-refractivity contribution in [3.8, 4) is 0 Å². The summed E-state index contributed by atoms with van der Waals surface area (Å²) in [6, 6.07) is 0. The molecule has 0 fully saturated rings. The predicted octanol–water partition coefficient (Wildman–Crippen LogP) is 1.79. The molecule has 0 unspecified atom stereocenters. The Balaban J connectivity index is 2.20. The molecule has 0 saturated carbocycles. The smallest absolute Gasteiger partial charge is 0.0949 e. The molecule has 0 aliphatic heterocycles. The fourth-order valence-corrected chi connectivity index (χ4v) is 2.03. The number of aromatic nitrogens is 2. The Bertz CT molecular complexity index is 260. The van der Waals surface area contributed by atoms with E-state index in [1.54, 1.807) is 0 Å². The van der Waals surface area contributed by atoms with Gasteiger partial charge >= 0.3 is 0 Å². The van der Waals surface area contributed by atoms with Gasteiger partial charge in [0.1, 0.15) is 0 Å². The van der Waals surface area contributed by atoms with Gasteiger partial charge in [-0.25, -0.2) is 4.98 Å². The second-order valence-electron chi connectivity index (χ2n) is 3.51. The van der Waals surface area contributed by atoms with Crippen LogP contribution in [0.5, 0.6) is 0 Å². The van der Waals surface area contributed by atoms with E-state index in [0.29, 0.717) is 0 Å². The van der Waals surface area contributed by atoms with Crippen LogP contribution < -0.4 is 5.32 Å². The summed E-state index contributed by atoms with van der Waals surface area (Å²) >= 11 is 2.00. The number of hydrogen-bond donors (Lipinski definition) is 1. The summed E-state index contributed by atoms with van der Waals surface area (Å²) in [5.41, 5.74) is 1.19. The van der Waals surface area contributed by atoms with Crippen molar-refractivity contribution in [2.24, 2.45) is 0 Å². The highest BCUT2D eigenvalue weighted by Gasteiger charge is 1.97. The average Bonchev–Trinajstić information content (AvgIpc) is 2.69. The molecule has 0 amide bonds. The van der Waals surface area contributed by atoms with Gasteiger partial charge in [0.05, 0.1) is 12.0 Å². The minimum atomic E-state index is 1.00. The molecule has 86 valence electrons. The number of nitrogens with one attached hydrogen (secondary N) is 1. The first-order valence-corrected chi connectivity index (χ1v) is 6.75. The zero-order valence-corrected chi connectivity index (χ0v) is 10.5.